The van der Waals surface area contributed by atoms with E-state index in [-0.39, 0.29) is 196 Å². The molecule has 0 bridgehead atoms. The van der Waals surface area contributed by atoms with E-state index in [1.165, 1.54) is 48.9 Å². The highest BCUT2D eigenvalue weighted by Crippen LogP contribution is 2.26. The number of anilines is 3. The maximum atomic E-state index is 14.0. The molecule has 0 aliphatic carbocycles. The fourth-order valence-electron chi connectivity index (χ4n) is 15.6. The van der Waals surface area contributed by atoms with Crippen LogP contribution >= 0.6 is 0 Å². The summed E-state index contributed by atoms with van der Waals surface area (Å²) in [5.41, 5.74) is 6.16. The van der Waals surface area contributed by atoms with Crippen LogP contribution in [0.3, 0.4) is 0 Å². The van der Waals surface area contributed by atoms with E-state index in [0.29, 0.717) is 77.4 Å². The second-order valence-corrected chi connectivity index (χ2v) is 38.8. The number of carbonyl (C=O) groups is 11. The van der Waals surface area contributed by atoms with Gasteiger partial charge in [0.15, 0.2) is 11.9 Å². The first kappa shape index (κ1) is 112. The predicted molar refractivity (Wildman–Crippen MR) is 536 cm³/mol. The Morgan fingerprint density at radius 3 is 1.27 bits per heavy atom. The second kappa shape index (κ2) is 54.4. The number of sulfonamides is 2. The number of pyridine rings is 3. The van der Waals surface area contributed by atoms with E-state index in [1.807, 2.05) is 0 Å². The number of H-pyrrole nitrogens is 2. The third kappa shape index (κ3) is 34.7. The molecule has 3 atom stereocenters. The number of carboxylic acids is 2. The van der Waals surface area contributed by atoms with Gasteiger partial charge in [0.1, 0.15) is 40.0 Å². The van der Waals surface area contributed by atoms with Crippen molar-refractivity contribution < 1.29 is 102 Å². The molecule has 0 spiro atoms. The van der Waals surface area contributed by atoms with Gasteiger partial charge >= 0.3 is 11.9 Å². The number of aliphatic carboxylic acids is 2. The van der Waals surface area contributed by atoms with Crippen molar-refractivity contribution in [1.29, 1.82) is 0 Å². The molecule has 0 aliphatic heterocycles. The van der Waals surface area contributed by atoms with Crippen LogP contribution in [-0.4, -0.2) is 242 Å². The highest BCUT2D eigenvalue weighted by molar-refractivity contribution is 7.90. The molecule has 46 nitrogen and oxygen atoms in total. The van der Waals surface area contributed by atoms with E-state index in [4.69, 9.17) is 9.47 Å². The number of hydrogen-bond acceptors (Lipinski definition) is 28. The number of rotatable bonds is 60. The number of fused-ring (bicyclic) bond motifs is 2. The second-order valence-electron chi connectivity index (χ2n) is 34.1. The summed E-state index contributed by atoms with van der Waals surface area (Å²) in [6, 6.07) is 20.0. The Labute approximate surface area is 835 Å². The van der Waals surface area contributed by atoms with Crippen LogP contribution in [-0.2, 0) is 104 Å². The normalized spacial score (nSPS) is 12.2. The number of carboxylic acid groups (broad SMARTS) is 2. The van der Waals surface area contributed by atoms with Gasteiger partial charge in [-0.15, -0.1) is 0 Å². The van der Waals surface area contributed by atoms with Crippen molar-refractivity contribution in [2.45, 2.75) is 178 Å². The Morgan fingerprint density at radius 1 is 0.469 bits per heavy atom. The quantitative estimate of drug-likeness (QED) is 0.0110. The summed E-state index contributed by atoms with van der Waals surface area (Å²) in [6.45, 7) is 11.2. The summed E-state index contributed by atoms with van der Waals surface area (Å²) in [4.78, 5) is 191. The predicted octanol–water partition coefficient (Wildman–Crippen LogP) is 4.16. The minimum atomic E-state index is -4.57. The van der Waals surface area contributed by atoms with Gasteiger partial charge in [0.05, 0.1) is 32.6 Å². The third-order valence-corrected chi connectivity index (χ3v) is 27.0. The summed E-state index contributed by atoms with van der Waals surface area (Å²) in [5, 5.41) is 54.8. The minimum absolute atomic E-state index is 0.0213. The van der Waals surface area contributed by atoms with Crippen molar-refractivity contribution in [3.63, 3.8) is 0 Å². The van der Waals surface area contributed by atoms with Gasteiger partial charge in [-0.25, -0.2) is 31.8 Å². The minimum Gasteiger partial charge on any atom is -0.480 e. The molecule has 5 aromatic heterocycles. The smallest absolute Gasteiger partial charge is 0.323 e. The van der Waals surface area contributed by atoms with Crippen molar-refractivity contribution >= 4 is 141 Å². The van der Waals surface area contributed by atoms with E-state index in [9.17, 15) is 102 Å². The Kier molecular flexibility index (Phi) is 42.0. The number of benzene rings is 5. The van der Waals surface area contributed by atoms with Gasteiger partial charge < -0.3 is 97.3 Å². The molecule has 1 unspecified atom stereocenters. The molecule has 5 aromatic carbocycles. The van der Waals surface area contributed by atoms with Crippen LogP contribution < -0.4 is 84.2 Å². The first-order valence-corrected chi connectivity index (χ1v) is 51.0. The number of nitrogens with zero attached hydrogens (tertiary/aromatic N) is 6. The average molecular weight is 2060 g/mol. The Bertz CT molecular complexity index is 6780. The molecule has 0 aliphatic rings. The standard InChI is InChI=1S/C96H120N22O24S3/c1-59-45-61(3)87(62(4)46-59)143(134,135)115-74(93(130)131)55-108-90(127)71-57-117(76-49-65(17-20-69(76)85(71)124)51-110-95-103-35-36-104-95)39-9-29-97-81(120)25-27-83(122)100-32-12-42-141-41-11-31-99-80(119)24-22-73(113-89(126)68-19-23-79(107-53-68)114-112-54-67-15-7-8-16-78(67)145(138,139)140)92(129)102-34-14-44-142-43-13-33-101-84(123)28-26-82(121)98-30-10-40-118-58-72(86(125)70-21-18-66(50-77(70)118)52-111-96-105-37-38-106-96)91(128)109-56-75(94(132)133)116-144(136,137)88-63(5)47-60(2)48-64(88)6/h7-8,15-21,23,35-38,45-50,53-54,57-58,73-75,115-116H,9-14,22,24-34,39-44,51-52,55-56H2,1-6H3,(H,97,120)(H,98,121)(H,99,119)(H,100,122)(H,101,123)(H,102,129)(H,107,114)(H,108,127)(H,109,128)(H,113,126)(H,130,131)(H,132,133)(H2,103,104,110)(H2,105,106,111)(H,138,139,140)/b112-54+/t73?,74-,75-/m0/s1. The molecule has 0 fully saturated rings. The fourth-order valence-corrected chi connectivity index (χ4v) is 19.6. The lowest BCUT2D eigenvalue weighted by Gasteiger charge is -2.19. The number of hydrogen-bond donors (Lipinski definition) is 19. The van der Waals surface area contributed by atoms with Gasteiger partial charge in [-0.2, -0.15) is 23.0 Å². The van der Waals surface area contributed by atoms with Crippen molar-refractivity contribution in [2.24, 2.45) is 5.10 Å². The molecule has 0 saturated carbocycles. The Hall–Kier alpha value is -15.0. The lowest BCUT2D eigenvalue weighted by Crippen LogP contribution is -2.49. The third-order valence-electron chi connectivity index (χ3n) is 22.5. The van der Waals surface area contributed by atoms with E-state index in [0.717, 1.165) is 28.5 Å². The molecule has 9 amide bonds. The topological polar surface area (TPSA) is 664 Å². The molecule has 10 rings (SSSR count). The van der Waals surface area contributed by atoms with Gasteiger partial charge in [0, 0.05) is 197 Å². The maximum absolute atomic E-state index is 14.0. The van der Waals surface area contributed by atoms with Crippen LogP contribution in [0.4, 0.5) is 17.7 Å². The van der Waals surface area contributed by atoms with Crippen LogP contribution in [0.2, 0.25) is 0 Å². The van der Waals surface area contributed by atoms with Gasteiger partial charge in [-0.1, -0.05) is 65.7 Å². The van der Waals surface area contributed by atoms with Gasteiger partial charge in [-0.3, -0.25) is 72.3 Å². The lowest BCUT2D eigenvalue weighted by atomic mass is 10.1. The Balaban J connectivity index is 0.617. The number of aromatic amines is 2. The van der Waals surface area contributed by atoms with Crippen LogP contribution in [0.5, 0.6) is 0 Å². The number of hydrazone groups is 1. The molecule has 5 heterocycles. The number of nitrogens with one attached hydrogen (secondary N) is 16. The van der Waals surface area contributed by atoms with Gasteiger partial charge in [0.25, 0.3) is 27.8 Å². The molecular weight excluding hydrogens is 1940 g/mol. The first-order valence-electron chi connectivity index (χ1n) is 46.6. The van der Waals surface area contributed by atoms with E-state index < -0.39 is 131 Å². The summed E-state index contributed by atoms with van der Waals surface area (Å²) in [6.07, 6.45) is 12.6. The molecule has 10 aromatic rings. The highest BCUT2D eigenvalue weighted by Gasteiger charge is 2.33. The van der Waals surface area contributed by atoms with E-state index in [1.54, 1.807) is 142 Å². The zero-order chi connectivity index (χ0) is 105. The van der Waals surface area contributed by atoms with E-state index in [2.05, 4.69) is 103 Å². The van der Waals surface area contributed by atoms with Crippen molar-refractivity contribution in [3.8, 4) is 0 Å². The SMILES string of the molecule is Cc1cc(C)c(S(=O)(=O)N[C@@H](CNC(=O)c2cn(CCCNC(=O)CCC(=O)NCCCOCCCNC(=O)CCC(NC(=O)c3ccc(N/N=C/c4ccccc4S(=O)(=O)O)nc3)C(=O)NCCCOCCCNC(=O)CCC(=O)NCCCn3cc(C(=O)NC[C@H](NS(=O)(=O)c4c(C)cc(C)cc4C)C(=O)O)c(=O)c4ccc(CNc5ncc[nH]5)cc43)c3cc(CNc4ncc[nH]4)ccc3c2=O)C(=O)O)c(C)c1. The van der Waals surface area contributed by atoms with Crippen LogP contribution in [0, 0.1) is 41.5 Å². The number of amides is 9. The molecular formula is C96H120N22O24S3. The van der Waals surface area contributed by atoms with E-state index >= 15 is 0 Å². The molecule has 49 heteroatoms. The molecule has 0 saturated heterocycles. The molecule has 145 heavy (non-hydrogen) atoms. The maximum Gasteiger partial charge on any atom is 0.323 e. The average Bonchev–Trinajstić information content (AvgIpc) is 0.917. The summed E-state index contributed by atoms with van der Waals surface area (Å²) in [5.74, 6) is -7.36. The molecule has 0 radical (unpaired) electrons. The van der Waals surface area contributed by atoms with Crippen molar-refractivity contribution in [2.75, 3.05) is 94.8 Å². The fraction of sp³-hybridized carbons (Fsp3) is 0.385. The summed E-state index contributed by atoms with van der Waals surface area (Å²) < 4.78 is 107. The number of imidazole rings is 2. The number of carbonyl (C=O) groups excluding carboxylic acids is 9. The zero-order valence-corrected chi connectivity index (χ0v) is 83.2. The van der Waals surface area contributed by atoms with Crippen molar-refractivity contribution in [1.82, 2.24) is 91.3 Å². The highest BCUT2D eigenvalue weighted by atomic mass is 32.2. The van der Waals surface area contributed by atoms with Crippen LogP contribution in [0.15, 0.2) is 170 Å². The number of aryl methyl sites for hydroxylation is 8. The van der Waals surface area contributed by atoms with Gasteiger partial charge in [0.2, 0.25) is 66.3 Å². The number of ether oxygens (including phenoxy) is 2. The largest absolute Gasteiger partial charge is 0.480 e. The van der Waals surface area contributed by atoms with Crippen molar-refractivity contribution in [3.05, 3.63) is 228 Å². The van der Waals surface area contributed by atoms with Crippen LogP contribution in [0.25, 0.3) is 21.8 Å². The summed E-state index contributed by atoms with van der Waals surface area (Å²) >= 11 is 0. The van der Waals surface area contributed by atoms with Crippen LogP contribution in [0.1, 0.15) is 158 Å². The lowest BCUT2D eigenvalue weighted by molar-refractivity contribution is -0.139. The monoisotopic (exact) mass is 2060 g/mol. The Morgan fingerprint density at radius 2 is 0.876 bits per heavy atom. The molecule has 19 N–H and O–H groups in total. The first-order chi connectivity index (χ1) is 69.2. The molecule has 776 valence electrons. The summed E-state index contributed by atoms with van der Waals surface area (Å²) in [7, 11) is -13.4. The number of aromatic nitrogens is 7. The van der Waals surface area contributed by atoms with Gasteiger partial charge in [-0.05, 0) is 162 Å². The zero-order valence-electron chi connectivity index (χ0n) is 80.7.